The van der Waals surface area contributed by atoms with Crippen molar-refractivity contribution in [2.24, 2.45) is 0 Å². The third-order valence-corrected chi connectivity index (χ3v) is 10.7. The second-order valence-electron chi connectivity index (χ2n) is 14.5. The number of carbonyl (C=O) groups is 2. The van der Waals surface area contributed by atoms with E-state index in [1.807, 2.05) is 32.0 Å². The highest BCUT2D eigenvalue weighted by Crippen LogP contribution is 2.34. The Hall–Kier alpha value is -6.41. The number of halogens is 1. The average Bonchev–Trinajstić information content (AvgIpc) is 3.34. The van der Waals surface area contributed by atoms with E-state index in [-0.39, 0.29) is 26.4 Å². The minimum absolute atomic E-state index is 0. The summed E-state index contributed by atoms with van der Waals surface area (Å²) in [5.41, 5.74) is 8.13. The van der Waals surface area contributed by atoms with Gasteiger partial charge in [0.05, 0.1) is 90.6 Å². The number of aromatic carboxylic acids is 1. The molecule has 0 bridgehead atoms. The van der Waals surface area contributed by atoms with Crippen molar-refractivity contribution in [3.8, 4) is 40.2 Å². The SMILES string of the molecule is C.C.COC(=O)c1ccc(C)c(-c2cc(N3CCOCC3)c(OC)nn2)c1.COc1nnc(-c2cc(C(=O)O)ccc2C)cc1N1CCOCC1.COc1nnc(Cl)cc1N1CCOCC1. The maximum absolute atomic E-state index is 11.8. The molecule has 3 aromatic heterocycles. The van der Waals surface area contributed by atoms with E-state index in [0.29, 0.717) is 79.4 Å². The lowest BCUT2D eigenvalue weighted by Gasteiger charge is -2.29. The number of hydrogen-bond donors (Lipinski definition) is 1. The van der Waals surface area contributed by atoms with Crippen molar-refractivity contribution in [1.82, 2.24) is 30.6 Å². The summed E-state index contributed by atoms with van der Waals surface area (Å²) in [5, 5.41) is 34.1. The summed E-state index contributed by atoms with van der Waals surface area (Å²) in [5.74, 6) is 0.0867. The molecule has 2 aromatic carbocycles. The van der Waals surface area contributed by atoms with Crippen molar-refractivity contribution in [3.63, 3.8) is 0 Å². The number of aryl methyl sites for hydroxylation is 2. The number of morpholine rings is 3. The van der Waals surface area contributed by atoms with Crippen LogP contribution in [0.1, 0.15) is 46.7 Å². The van der Waals surface area contributed by atoms with Crippen LogP contribution in [0.15, 0.2) is 54.6 Å². The molecule has 20 heteroatoms. The average molecular weight is 934 g/mol. The largest absolute Gasteiger partial charge is 0.478 e. The Morgan fingerprint density at radius 1 is 0.545 bits per heavy atom. The quantitative estimate of drug-likeness (QED) is 0.152. The smallest absolute Gasteiger partial charge is 0.337 e. The first-order valence-corrected chi connectivity index (χ1v) is 20.8. The first-order valence-electron chi connectivity index (χ1n) is 20.5. The first kappa shape index (κ1) is 52.2. The summed E-state index contributed by atoms with van der Waals surface area (Å²) in [7, 11) is 6.08. The van der Waals surface area contributed by atoms with Crippen molar-refractivity contribution >= 4 is 40.6 Å². The topological polar surface area (TPSA) is 206 Å². The predicted octanol–water partition coefficient (Wildman–Crippen LogP) is 6.33. The number of benzene rings is 2. The molecule has 356 valence electrons. The third-order valence-electron chi connectivity index (χ3n) is 10.5. The van der Waals surface area contributed by atoms with Gasteiger partial charge in [0.1, 0.15) is 17.1 Å². The van der Waals surface area contributed by atoms with E-state index >= 15 is 0 Å². The zero-order chi connectivity index (χ0) is 45.6. The molecule has 3 aliphatic rings. The van der Waals surface area contributed by atoms with Crippen LogP contribution in [0.2, 0.25) is 5.15 Å². The third kappa shape index (κ3) is 13.1. The Balaban J connectivity index is 0.000000220. The maximum Gasteiger partial charge on any atom is 0.337 e. The summed E-state index contributed by atoms with van der Waals surface area (Å²) in [6.07, 6.45) is 0. The van der Waals surface area contributed by atoms with Gasteiger partial charge in [-0.25, -0.2) is 9.59 Å². The lowest BCUT2D eigenvalue weighted by molar-refractivity contribution is 0.0599. The number of ether oxygens (including phenoxy) is 7. The molecular formula is C46H60ClN9O10. The van der Waals surface area contributed by atoms with Gasteiger partial charge in [0.25, 0.3) is 17.6 Å². The number of nitrogens with zero attached hydrogens (tertiary/aromatic N) is 9. The molecule has 3 saturated heterocycles. The molecular weight excluding hydrogens is 874 g/mol. The minimum Gasteiger partial charge on any atom is -0.478 e. The number of hydrogen-bond acceptors (Lipinski definition) is 18. The van der Waals surface area contributed by atoms with Crippen LogP contribution >= 0.6 is 11.6 Å². The van der Waals surface area contributed by atoms with Crippen LogP contribution in [-0.4, -0.2) is 155 Å². The zero-order valence-corrected chi connectivity index (χ0v) is 37.5. The monoisotopic (exact) mass is 933 g/mol. The fourth-order valence-corrected chi connectivity index (χ4v) is 7.20. The van der Waals surface area contributed by atoms with Crippen molar-refractivity contribution in [1.29, 1.82) is 0 Å². The van der Waals surface area contributed by atoms with Gasteiger partial charge in [-0.15, -0.1) is 30.6 Å². The molecule has 19 nitrogen and oxygen atoms in total. The van der Waals surface area contributed by atoms with Crippen molar-refractivity contribution in [3.05, 3.63) is 82.0 Å². The van der Waals surface area contributed by atoms with Crippen LogP contribution in [0.3, 0.4) is 0 Å². The molecule has 6 heterocycles. The first-order chi connectivity index (χ1) is 31.0. The Kier molecular flexibility index (Phi) is 20.0. The van der Waals surface area contributed by atoms with Crippen LogP contribution in [0, 0.1) is 13.8 Å². The second-order valence-corrected chi connectivity index (χ2v) is 14.9. The Morgan fingerprint density at radius 2 is 0.909 bits per heavy atom. The van der Waals surface area contributed by atoms with Crippen LogP contribution in [-0.2, 0) is 18.9 Å². The minimum atomic E-state index is -0.967. The molecule has 3 aliphatic heterocycles. The van der Waals surface area contributed by atoms with Crippen LogP contribution in [0.25, 0.3) is 22.5 Å². The number of aromatic nitrogens is 6. The van der Waals surface area contributed by atoms with Gasteiger partial charge in [0.15, 0.2) is 5.15 Å². The van der Waals surface area contributed by atoms with Crippen molar-refractivity contribution in [2.45, 2.75) is 28.7 Å². The van der Waals surface area contributed by atoms with Gasteiger partial charge in [0, 0.05) is 56.5 Å². The Labute approximate surface area is 390 Å². The number of methoxy groups -OCH3 is 4. The van der Waals surface area contributed by atoms with E-state index in [1.165, 1.54) is 7.11 Å². The molecule has 8 rings (SSSR count). The Morgan fingerprint density at radius 3 is 1.29 bits per heavy atom. The summed E-state index contributed by atoms with van der Waals surface area (Å²) in [6.45, 7) is 12.6. The second kappa shape index (κ2) is 25.3. The molecule has 0 amide bonds. The van der Waals surface area contributed by atoms with E-state index in [9.17, 15) is 14.7 Å². The van der Waals surface area contributed by atoms with Crippen molar-refractivity contribution in [2.75, 3.05) is 122 Å². The maximum atomic E-state index is 11.8. The van der Waals surface area contributed by atoms with Gasteiger partial charge in [-0.05, 0) is 61.4 Å². The molecule has 0 spiro atoms. The highest BCUT2D eigenvalue weighted by Gasteiger charge is 2.22. The van der Waals surface area contributed by atoms with E-state index in [4.69, 9.17) is 44.8 Å². The molecule has 0 unspecified atom stereocenters. The molecule has 0 aliphatic carbocycles. The standard InChI is InChI=1S/C18H21N3O4.C17H19N3O4.C9H12ClN3O2.2CH4/c1-12-4-5-13(18(22)24-3)10-14(12)15-11-16(17(23-2)20-19-15)21-6-8-25-9-7-21;1-11-3-4-12(17(21)22)9-13(11)14-10-15(16(23-2)19-18-14)20-5-7-24-8-6-20;1-14-9-7(6-8(10)11-12-9)13-2-4-15-5-3-13;;/h4-5,10-11H,6-9H2,1-3H3;3-4,9-10H,5-8H2,1-2H3,(H,21,22);6H,2-5H2,1H3;2*1H4. The molecule has 3 fully saturated rings. The van der Waals surface area contributed by atoms with Gasteiger partial charge in [-0.2, -0.15) is 0 Å². The van der Waals surface area contributed by atoms with Gasteiger partial charge in [-0.1, -0.05) is 38.6 Å². The van der Waals surface area contributed by atoms with Gasteiger partial charge in [-0.3, -0.25) is 0 Å². The summed E-state index contributed by atoms with van der Waals surface area (Å²) in [4.78, 5) is 29.5. The Bertz CT molecular complexity index is 2380. The zero-order valence-electron chi connectivity index (χ0n) is 36.7. The van der Waals surface area contributed by atoms with E-state index < -0.39 is 5.97 Å². The summed E-state index contributed by atoms with van der Waals surface area (Å²) < 4.78 is 36.7. The molecule has 66 heavy (non-hydrogen) atoms. The summed E-state index contributed by atoms with van der Waals surface area (Å²) in [6, 6.07) is 16.0. The van der Waals surface area contributed by atoms with Gasteiger partial charge in [0.2, 0.25) is 0 Å². The molecule has 0 saturated carbocycles. The number of anilines is 3. The fourth-order valence-electron chi connectivity index (χ4n) is 7.05. The molecule has 0 radical (unpaired) electrons. The number of carboxylic acid groups (broad SMARTS) is 1. The number of carbonyl (C=O) groups excluding carboxylic acids is 1. The van der Waals surface area contributed by atoms with Gasteiger partial charge >= 0.3 is 11.9 Å². The molecule has 1 N–H and O–H groups in total. The lowest BCUT2D eigenvalue weighted by Crippen LogP contribution is -2.36. The van der Waals surface area contributed by atoms with Crippen LogP contribution in [0.4, 0.5) is 17.1 Å². The molecule has 5 aromatic rings. The predicted molar refractivity (Wildman–Crippen MR) is 252 cm³/mol. The fraction of sp³-hybridized carbons (Fsp3) is 0.435. The number of rotatable bonds is 10. The number of carboxylic acids is 1. The normalized spacial score (nSPS) is 14.4. The summed E-state index contributed by atoms with van der Waals surface area (Å²) >= 11 is 5.81. The molecule has 0 atom stereocenters. The van der Waals surface area contributed by atoms with E-state index in [2.05, 4.69) is 45.3 Å². The van der Waals surface area contributed by atoms with E-state index in [0.717, 1.165) is 78.6 Å². The highest BCUT2D eigenvalue weighted by molar-refractivity contribution is 6.29. The lowest BCUT2D eigenvalue weighted by atomic mass is 10.0. The van der Waals surface area contributed by atoms with Crippen LogP contribution < -0.4 is 28.9 Å². The highest BCUT2D eigenvalue weighted by atomic mass is 35.5. The van der Waals surface area contributed by atoms with Gasteiger partial charge < -0.3 is 53.0 Å². The van der Waals surface area contributed by atoms with Crippen molar-refractivity contribution < 1.29 is 47.9 Å². The van der Waals surface area contributed by atoms with Crippen LogP contribution in [0.5, 0.6) is 17.6 Å². The van der Waals surface area contributed by atoms with E-state index in [1.54, 1.807) is 57.7 Å². The number of esters is 1.